The molecule has 24 heavy (non-hydrogen) atoms. The number of aliphatic carboxylic acids is 1. The van der Waals surface area contributed by atoms with E-state index in [1.807, 2.05) is 6.26 Å². The molecule has 0 rings (SSSR count). The number of aliphatic hydroxyl groups is 1. The SMILES string of the molecule is CSCCC(NC(=O)C(N)CO)C(=O)NC(CCCCN)C(=O)O. The van der Waals surface area contributed by atoms with E-state index in [1.54, 1.807) is 0 Å². The van der Waals surface area contributed by atoms with Crippen molar-refractivity contribution in [2.24, 2.45) is 11.5 Å². The lowest BCUT2D eigenvalue weighted by atomic mass is 10.1. The zero-order valence-corrected chi connectivity index (χ0v) is 14.7. The first-order chi connectivity index (χ1) is 11.4. The zero-order valence-electron chi connectivity index (χ0n) is 13.9. The van der Waals surface area contributed by atoms with Crippen LogP contribution in [0.25, 0.3) is 0 Å². The van der Waals surface area contributed by atoms with Gasteiger partial charge in [0.05, 0.1) is 6.61 Å². The molecule has 0 fully saturated rings. The molecule has 0 saturated carbocycles. The third-order valence-corrected chi connectivity index (χ3v) is 3.98. The molecule has 8 N–H and O–H groups in total. The number of carbonyl (C=O) groups excluding carboxylic acids is 2. The molecule has 0 aromatic heterocycles. The number of amides is 2. The van der Waals surface area contributed by atoms with Gasteiger partial charge in [-0.2, -0.15) is 11.8 Å². The number of carboxylic acid groups (broad SMARTS) is 1. The van der Waals surface area contributed by atoms with Crippen LogP contribution in [0, 0.1) is 0 Å². The summed E-state index contributed by atoms with van der Waals surface area (Å²) in [5.74, 6) is -1.78. The van der Waals surface area contributed by atoms with Crippen LogP contribution in [0.3, 0.4) is 0 Å². The van der Waals surface area contributed by atoms with Gasteiger partial charge in [-0.3, -0.25) is 9.59 Å². The molecule has 0 heterocycles. The lowest BCUT2D eigenvalue weighted by molar-refractivity contribution is -0.142. The number of carboxylic acids is 1. The Hall–Kier alpha value is -1.36. The van der Waals surface area contributed by atoms with Crippen molar-refractivity contribution in [2.45, 2.75) is 43.8 Å². The van der Waals surface area contributed by atoms with Gasteiger partial charge in [0.25, 0.3) is 0 Å². The Morgan fingerprint density at radius 2 is 1.71 bits per heavy atom. The molecule has 0 aliphatic heterocycles. The second-order valence-electron chi connectivity index (χ2n) is 5.32. The molecule has 0 aliphatic rings. The molecule has 0 aromatic rings. The summed E-state index contributed by atoms with van der Waals surface area (Å²) < 4.78 is 0. The topological polar surface area (TPSA) is 168 Å². The number of hydrogen-bond donors (Lipinski definition) is 6. The van der Waals surface area contributed by atoms with E-state index in [0.29, 0.717) is 31.6 Å². The highest BCUT2D eigenvalue weighted by Crippen LogP contribution is 2.05. The average Bonchev–Trinajstić information content (AvgIpc) is 2.56. The number of hydrogen-bond acceptors (Lipinski definition) is 7. The fraction of sp³-hybridized carbons (Fsp3) is 0.786. The molecule has 0 aromatic carbocycles. The van der Waals surface area contributed by atoms with Crippen LogP contribution in [0.15, 0.2) is 0 Å². The minimum Gasteiger partial charge on any atom is -0.480 e. The van der Waals surface area contributed by atoms with Crippen molar-refractivity contribution in [2.75, 3.05) is 25.2 Å². The molecule has 3 unspecified atom stereocenters. The maximum Gasteiger partial charge on any atom is 0.326 e. The molecule has 140 valence electrons. The average molecular weight is 364 g/mol. The molecule has 3 atom stereocenters. The predicted molar refractivity (Wildman–Crippen MR) is 92.5 cm³/mol. The van der Waals surface area contributed by atoms with Crippen LogP contribution in [-0.2, 0) is 14.4 Å². The van der Waals surface area contributed by atoms with Gasteiger partial charge in [0.1, 0.15) is 18.1 Å². The minimum atomic E-state index is -1.14. The van der Waals surface area contributed by atoms with Crippen molar-refractivity contribution in [3.8, 4) is 0 Å². The van der Waals surface area contributed by atoms with Crippen LogP contribution in [0.2, 0.25) is 0 Å². The Balaban J connectivity index is 4.81. The van der Waals surface area contributed by atoms with Crippen LogP contribution in [0.1, 0.15) is 25.7 Å². The standard InChI is InChI=1S/C14H28N4O5S/c1-24-7-5-10(17-12(20)9(16)8-19)13(21)18-11(14(22)23)4-2-3-6-15/h9-11,19H,2-8,15-16H2,1H3,(H,17,20)(H,18,21)(H,22,23). The number of nitrogens with two attached hydrogens (primary N) is 2. The van der Waals surface area contributed by atoms with E-state index in [-0.39, 0.29) is 6.42 Å². The molecule has 0 aliphatic carbocycles. The number of unbranched alkanes of at least 4 members (excludes halogenated alkanes) is 1. The van der Waals surface area contributed by atoms with Gasteiger partial charge in [-0.1, -0.05) is 0 Å². The van der Waals surface area contributed by atoms with Gasteiger partial charge in [0.2, 0.25) is 11.8 Å². The van der Waals surface area contributed by atoms with Crippen molar-refractivity contribution in [1.29, 1.82) is 0 Å². The smallest absolute Gasteiger partial charge is 0.326 e. The summed E-state index contributed by atoms with van der Waals surface area (Å²) in [6.45, 7) is -0.0920. The maximum absolute atomic E-state index is 12.3. The van der Waals surface area contributed by atoms with E-state index in [4.69, 9.17) is 16.6 Å². The minimum absolute atomic E-state index is 0.262. The molecule has 0 spiro atoms. The van der Waals surface area contributed by atoms with Crippen LogP contribution >= 0.6 is 11.8 Å². The second kappa shape index (κ2) is 13.0. The molecule has 0 saturated heterocycles. The zero-order chi connectivity index (χ0) is 18.5. The molecular weight excluding hydrogens is 336 g/mol. The summed E-state index contributed by atoms with van der Waals surface area (Å²) in [6.07, 6.45) is 3.68. The fourth-order valence-electron chi connectivity index (χ4n) is 1.89. The Labute approximate surface area is 145 Å². The summed E-state index contributed by atoms with van der Waals surface area (Å²) in [4.78, 5) is 35.3. The molecule has 9 nitrogen and oxygen atoms in total. The molecule has 10 heteroatoms. The Morgan fingerprint density at radius 3 is 2.21 bits per heavy atom. The summed E-state index contributed by atoms with van der Waals surface area (Å²) in [5, 5.41) is 23.0. The summed E-state index contributed by atoms with van der Waals surface area (Å²) in [7, 11) is 0. The number of carbonyl (C=O) groups is 3. The van der Waals surface area contributed by atoms with E-state index < -0.39 is 42.5 Å². The largest absolute Gasteiger partial charge is 0.480 e. The van der Waals surface area contributed by atoms with Crippen LogP contribution in [0.4, 0.5) is 0 Å². The van der Waals surface area contributed by atoms with Gasteiger partial charge in [-0.15, -0.1) is 0 Å². The molecule has 0 bridgehead atoms. The lowest BCUT2D eigenvalue weighted by Crippen LogP contribution is -2.55. The van der Waals surface area contributed by atoms with Crippen molar-refractivity contribution in [3.63, 3.8) is 0 Å². The molecule has 2 amide bonds. The fourth-order valence-corrected chi connectivity index (χ4v) is 2.36. The quantitative estimate of drug-likeness (QED) is 0.209. The highest BCUT2D eigenvalue weighted by atomic mass is 32.2. The number of rotatable bonds is 13. The van der Waals surface area contributed by atoms with Gasteiger partial charge in [0, 0.05) is 0 Å². The van der Waals surface area contributed by atoms with Crippen molar-refractivity contribution < 1.29 is 24.6 Å². The highest BCUT2D eigenvalue weighted by Gasteiger charge is 2.27. The first-order valence-electron chi connectivity index (χ1n) is 7.76. The molecular formula is C14H28N4O5S. The van der Waals surface area contributed by atoms with E-state index >= 15 is 0 Å². The van der Waals surface area contributed by atoms with Crippen molar-refractivity contribution >= 4 is 29.5 Å². The van der Waals surface area contributed by atoms with E-state index in [2.05, 4.69) is 10.6 Å². The Kier molecular flexibility index (Phi) is 12.3. The third kappa shape index (κ3) is 9.06. The Bertz CT molecular complexity index is 411. The summed E-state index contributed by atoms with van der Waals surface area (Å²) in [6, 6.07) is -3.07. The monoisotopic (exact) mass is 364 g/mol. The van der Waals surface area contributed by atoms with Gasteiger partial charge in [-0.05, 0) is 44.2 Å². The van der Waals surface area contributed by atoms with Crippen LogP contribution in [0.5, 0.6) is 0 Å². The summed E-state index contributed by atoms with van der Waals surface area (Å²) in [5.41, 5.74) is 10.8. The van der Waals surface area contributed by atoms with Crippen molar-refractivity contribution in [1.82, 2.24) is 10.6 Å². The van der Waals surface area contributed by atoms with E-state index in [1.165, 1.54) is 11.8 Å². The van der Waals surface area contributed by atoms with Gasteiger partial charge < -0.3 is 32.3 Å². The van der Waals surface area contributed by atoms with E-state index in [0.717, 1.165) is 0 Å². The van der Waals surface area contributed by atoms with Crippen LogP contribution < -0.4 is 22.1 Å². The normalized spacial score (nSPS) is 14.5. The first kappa shape index (κ1) is 22.6. The number of nitrogens with one attached hydrogen (secondary N) is 2. The van der Waals surface area contributed by atoms with Gasteiger partial charge in [0.15, 0.2) is 0 Å². The maximum atomic E-state index is 12.3. The van der Waals surface area contributed by atoms with Gasteiger partial charge >= 0.3 is 5.97 Å². The summed E-state index contributed by atoms with van der Waals surface area (Å²) >= 11 is 1.49. The van der Waals surface area contributed by atoms with Crippen molar-refractivity contribution in [3.05, 3.63) is 0 Å². The lowest BCUT2D eigenvalue weighted by Gasteiger charge is -2.22. The van der Waals surface area contributed by atoms with Gasteiger partial charge in [-0.25, -0.2) is 4.79 Å². The second-order valence-corrected chi connectivity index (χ2v) is 6.30. The number of aliphatic hydroxyl groups excluding tert-OH is 1. The highest BCUT2D eigenvalue weighted by molar-refractivity contribution is 7.98. The first-order valence-corrected chi connectivity index (χ1v) is 9.15. The third-order valence-electron chi connectivity index (χ3n) is 3.34. The predicted octanol–water partition coefficient (Wildman–Crippen LogP) is -1.76. The van der Waals surface area contributed by atoms with E-state index in [9.17, 15) is 19.5 Å². The Morgan fingerprint density at radius 1 is 1.08 bits per heavy atom. The van der Waals surface area contributed by atoms with Crippen LogP contribution in [-0.4, -0.2) is 71.3 Å². The molecule has 0 radical (unpaired) electrons. The number of thioether (sulfide) groups is 1.